The molecule has 6 heteroatoms. The minimum Gasteiger partial charge on any atom is -0.396 e. The van der Waals surface area contributed by atoms with Crippen molar-refractivity contribution < 1.29 is 9.90 Å². The van der Waals surface area contributed by atoms with Crippen LogP contribution < -0.4 is 5.32 Å². The topological polar surface area (TPSA) is 79.5 Å². The van der Waals surface area contributed by atoms with Crippen LogP contribution >= 0.6 is 0 Å². The monoisotopic (exact) mass is 262 g/mol. The Morgan fingerprint density at radius 1 is 1.53 bits per heavy atom. The third kappa shape index (κ3) is 2.73. The smallest absolute Gasteiger partial charge is 0.254 e. The van der Waals surface area contributed by atoms with Crippen LogP contribution in [-0.2, 0) is 0 Å². The molecule has 6 nitrogen and oxygen atoms in total. The van der Waals surface area contributed by atoms with E-state index in [0.717, 1.165) is 17.0 Å². The quantitative estimate of drug-likeness (QED) is 0.850. The molecule has 0 saturated heterocycles. The van der Waals surface area contributed by atoms with Gasteiger partial charge in [0.25, 0.3) is 5.91 Å². The van der Waals surface area contributed by atoms with Gasteiger partial charge in [0.2, 0.25) is 0 Å². The molecule has 0 saturated carbocycles. The summed E-state index contributed by atoms with van der Waals surface area (Å²) in [5.41, 5.74) is 2.85. The number of carbonyl (C=O) groups excluding carboxylic acids is 1. The number of nitrogens with zero attached hydrogens (tertiary/aromatic N) is 3. The Bertz CT molecular complexity index is 606. The lowest BCUT2D eigenvalue weighted by molar-refractivity contribution is 0.0940. The molecule has 1 atom stereocenters. The van der Waals surface area contributed by atoms with Crippen molar-refractivity contribution in [1.82, 2.24) is 19.9 Å². The summed E-state index contributed by atoms with van der Waals surface area (Å²) >= 11 is 0. The largest absolute Gasteiger partial charge is 0.396 e. The predicted molar refractivity (Wildman–Crippen MR) is 71.0 cm³/mol. The molecule has 0 aromatic carbocycles. The van der Waals surface area contributed by atoms with Gasteiger partial charge in [-0.25, -0.2) is 9.50 Å². The van der Waals surface area contributed by atoms with E-state index >= 15 is 0 Å². The fourth-order valence-corrected chi connectivity index (χ4v) is 1.81. The van der Waals surface area contributed by atoms with Crippen LogP contribution in [0, 0.1) is 19.8 Å². The normalized spacial score (nSPS) is 12.6. The van der Waals surface area contributed by atoms with E-state index in [1.807, 2.05) is 26.8 Å². The molecule has 0 fully saturated rings. The van der Waals surface area contributed by atoms with Crippen molar-refractivity contribution >= 4 is 11.6 Å². The lowest BCUT2D eigenvalue weighted by Crippen LogP contribution is -2.30. The number of nitrogens with one attached hydrogen (secondary N) is 1. The highest BCUT2D eigenvalue weighted by atomic mass is 16.3. The first-order valence-corrected chi connectivity index (χ1v) is 6.24. The zero-order valence-electron chi connectivity index (χ0n) is 11.3. The van der Waals surface area contributed by atoms with Gasteiger partial charge in [-0.3, -0.25) is 4.79 Å². The maximum absolute atomic E-state index is 12.1. The standard InChI is InChI=1S/C13H18N4O2/c1-8(7-18)5-15-13(19)11-6-14-12-4-9(2)16-17(12)10(11)3/h4,6,8,18H,5,7H2,1-3H3,(H,15,19). The van der Waals surface area contributed by atoms with Crippen LogP contribution in [0.1, 0.15) is 28.7 Å². The molecule has 2 aromatic rings. The molecule has 102 valence electrons. The summed E-state index contributed by atoms with van der Waals surface area (Å²) < 4.78 is 1.67. The predicted octanol–water partition coefficient (Wildman–Crippen LogP) is 0.704. The van der Waals surface area contributed by atoms with Gasteiger partial charge in [0.05, 0.1) is 17.0 Å². The number of carbonyl (C=O) groups is 1. The number of rotatable bonds is 4. The van der Waals surface area contributed by atoms with E-state index in [1.54, 1.807) is 10.7 Å². The number of aryl methyl sites for hydroxylation is 2. The molecule has 2 N–H and O–H groups in total. The van der Waals surface area contributed by atoms with Crippen molar-refractivity contribution in [1.29, 1.82) is 0 Å². The van der Waals surface area contributed by atoms with Gasteiger partial charge in [-0.15, -0.1) is 0 Å². The zero-order chi connectivity index (χ0) is 14.0. The second kappa shape index (κ2) is 5.36. The van der Waals surface area contributed by atoms with E-state index in [-0.39, 0.29) is 18.4 Å². The Balaban J connectivity index is 2.24. The number of aliphatic hydroxyl groups is 1. The number of fused-ring (bicyclic) bond motifs is 1. The van der Waals surface area contributed by atoms with E-state index in [1.165, 1.54) is 0 Å². The molecule has 2 aromatic heterocycles. The summed E-state index contributed by atoms with van der Waals surface area (Å²) in [5.74, 6) is -0.159. The first-order chi connectivity index (χ1) is 9.02. The summed E-state index contributed by atoms with van der Waals surface area (Å²) in [6.07, 6.45) is 1.56. The van der Waals surface area contributed by atoms with E-state index in [9.17, 15) is 4.79 Å². The van der Waals surface area contributed by atoms with Gasteiger partial charge in [0.15, 0.2) is 5.65 Å². The van der Waals surface area contributed by atoms with Gasteiger partial charge < -0.3 is 10.4 Å². The average molecular weight is 262 g/mol. The minimum atomic E-state index is -0.194. The van der Waals surface area contributed by atoms with Crippen LogP contribution in [0.2, 0.25) is 0 Å². The van der Waals surface area contributed by atoms with Gasteiger partial charge >= 0.3 is 0 Å². The summed E-state index contributed by atoms with van der Waals surface area (Å²) in [5, 5.41) is 16.0. The van der Waals surface area contributed by atoms with Crippen molar-refractivity contribution in [3.63, 3.8) is 0 Å². The molecular weight excluding hydrogens is 244 g/mol. The van der Waals surface area contributed by atoms with Crippen LogP contribution in [0.3, 0.4) is 0 Å². The average Bonchev–Trinajstić information content (AvgIpc) is 2.77. The van der Waals surface area contributed by atoms with Gasteiger partial charge in [-0.05, 0) is 19.8 Å². The van der Waals surface area contributed by atoms with E-state index in [0.29, 0.717) is 12.1 Å². The third-order valence-corrected chi connectivity index (χ3v) is 3.01. The lowest BCUT2D eigenvalue weighted by Gasteiger charge is -2.11. The minimum absolute atomic E-state index is 0.0351. The maximum Gasteiger partial charge on any atom is 0.254 e. The van der Waals surface area contributed by atoms with Crippen molar-refractivity contribution in [2.24, 2.45) is 5.92 Å². The molecule has 0 aliphatic rings. The van der Waals surface area contributed by atoms with Gasteiger partial charge in [0.1, 0.15) is 0 Å². The Morgan fingerprint density at radius 3 is 2.95 bits per heavy atom. The first kappa shape index (κ1) is 13.5. The molecule has 0 aliphatic carbocycles. The Hall–Kier alpha value is -1.95. The van der Waals surface area contributed by atoms with Gasteiger partial charge in [-0.1, -0.05) is 6.92 Å². The van der Waals surface area contributed by atoms with Crippen LogP contribution in [0.15, 0.2) is 12.3 Å². The highest BCUT2D eigenvalue weighted by Crippen LogP contribution is 2.10. The zero-order valence-corrected chi connectivity index (χ0v) is 11.3. The summed E-state index contributed by atoms with van der Waals surface area (Å²) in [4.78, 5) is 16.3. The number of amides is 1. The Labute approximate surface area is 111 Å². The summed E-state index contributed by atoms with van der Waals surface area (Å²) in [6, 6.07) is 1.86. The van der Waals surface area contributed by atoms with Gasteiger partial charge in [-0.2, -0.15) is 5.10 Å². The second-order valence-electron chi connectivity index (χ2n) is 4.81. The fraction of sp³-hybridized carbons (Fsp3) is 0.462. The molecule has 19 heavy (non-hydrogen) atoms. The fourth-order valence-electron chi connectivity index (χ4n) is 1.81. The van der Waals surface area contributed by atoms with Crippen molar-refractivity contribution in [3.05, 3.63) is 29.2 Å². The number of aliphatic hydroxyl groups excluding tert-OH is 1. The third-order valence-electron chi connectivity index (χ3n) is 3.01. The maximum atomic E-state index is 12.1. The molecule has 0 radical (unpaired) electrons. The molecule has 0 spiro atoms. The van der Waals surface area contributed by atoms with Crippen LogP contribution in [0.5, 0.6) is 0 Å². The number of aromatic nitrogens is 3. The van der Waals surface area contributed by atoms with Crippen molar-refractivity contribution in [2.75, 3.05) is 13.2 Å². The Morgan fingerprint density at radius 2 is 2.26 bits per heavy atom. The summed E-state index contributed by atoms with van der Waals surface area (Å²) in [7, 11) is 0. The highest BCUT2D eigenvalue weighted by Gasteiger charge is 2.14. The van der Waals surface area contributed by atoms with Crippen molar-refractivity contribution in [2.45, 2.75) is 20.8 Å². The molecule has 1 amide bonds. The molecule has 0 bridgehead atoms. The number of hydrogen-bond acceptors (Lipinski definition) is 4. The highest BCUT2D eigenvalue weighted by molar-refractivity contribution is 5.95. The molecule has 2 heterocycles. The van der Waals surface area contributed by atoms with Crippen LogP contribution in [0.25, 0.3) is 5.65 Å². The molecular formula is C13H18N4O2. The molecule has 1 unspecified atom stereocenters. The van der Waals surface area contributed by atoms with Crippen molar-refractivity contribution in [3.8, 4) is 0 Å². The van der Waals surface area contributed by atoms with E-state index in [2.05, 4.69) is 15.4 Å². The van der Waals surface area contributed by atoms with E-state index < -0.39 is 0 Å². The lowest BCUT2D eigenvalue weighted by atomic mass is 10.2. The Kier molecular flexibility index (Phi) is 3.80. The van der Waals surface area contributed by atoms with Crippen LogP contribution in [-0.4, -0.2) is 38.8 Å². The second-order valence-corrected chi connectivity index (χ2v) is 4.81. The van der Waals surface area contributed by atoms with Crippen LogP contribution in [0.4, 0.5) is 0 Å². The SMILES string of the molecule is Cc1cc2ncc(C(=O)NCC(C)CO)c(C)n2n1. The molecule has 2 rings (SSSR count). The number of hydrogen-bond donors (Lipinski definition) is 2. The van der Waals surface area contributed by atoms with E-state index in [4.69, 9.17) is 5.11 Å². The first-order valence-electron chi connectivity index (χ1n) is 6.24. The van der Waals surface area contributed by atoms with Gasteiger partial charge in [0, 0.05) is 25.4 Å². The summed E-state index contributed by atoms with van der Waals surface area (Å²) in [6.45, 7) is 6.08. The molecule has 0 aliphatic heterocycles.